The average Bonchev–Trinajstić information content (AvgIpc) is 2.77. The molecule has 0 radical (unpaired) electrons. The number of β-lactam (4-membered cyclic amide) rings is 1. The number of carbonyl (C=O) groups excluding carboxylic acids is 2. The van der Waals surface area contributed by atoms with Crippen molar-refractivity contribution in [1.29, 1.82) is 0 Å². The second-order valence-electron chi connectivity index (χ2n) is 7.23. The summed E-state index contributed by atoms with van der Waals surface area (Å²) in [6.45, 7) is 0. The Labute approximate surface area is 174 Å². The van der Waals surface area contributed by atoms with Crippen molar-refractivity contribution < 1.29 is 14.7 Å². The summed E-state index contributed by atoms with van der Waals surface area (Å²) >= 11 is 0. The van der Waals surface area contributed by atoms with Crippen molar-refractivity contribution in [3.05, 3.63) is 95.7 Å². The van der Waals surface area contributed by atoms with Crippen LogP contribution in [0.15, 0.2) is 79.0 Å². The SMILES string of the molecule is Nc1cc(C[C@H]2C(=O)N(C(=O)NC(c3ccccc3)c3ccccc3)[C@@H]2O)ccn1. The lowest BCUT2D eigenvalue weighted by atomic mass is 9.89. The largest absolute Gasteiger partial charge is 0.384 e. The third kappa shape index (κ3) is 3.88. The summed E-state index contributed by atoms with van der Waals surface area (Å²) in [5.41, 5.74) is 8.21. The number of anilines is 1. The lowest BCUT2D eigenvalue weighted by Crippen LogP contribution is -2.66. The lowest BCUT2D eigenvalue weighted by Gasteiger charge is -2.42. The van der Waals surface area contributed by atoms with Gasteiger partial charge in [-0.2, -0.15) is 0 Å². The molecule has 30 heavy (non-hydrogen) atoms. The quantitative estimate of drug-likeness (QED) is 0.568. The van der Waals surface area contributed by atoms with Gasteiger partial charge in [0.15, 0.2) is 0 Å². The van der Waals surface area contributed by atoms with Gasteiger partial charge in [-0.15, -0.1) is 0 Å². The normalized spacial score (nSPS) is 18.2. The zero-order valence-corrected chi connectivity index (χ0v) is 16.2. The molecule has 152 valence electrons. The fourth-order valence-electron chi connectivity index (χ4n) is 3.67. The van der Waals surface area contributed by atoms with Crippen LogP contribution >= 0.6 is 0 Å². The molecule has 0 spiro atoms. The van der Waals surface area contributed by atoms with Gasteiger partial charge in [-0.1, -0.05) is 60.7 Å². The number of pyridine rings is 1. The van der Waals surface area contributed by atoms with Crippen LogP contribution in [-0.4, -0.2) is 33.2 Å². The Morgan fingerprint density at radius 2 is 1.67 bits per heavy atom. The van der Waals surface area contributed by atoms with Crippen molar-refractivity contribution in [1.82, 2.24) is 15.2 Å². The molecule has 7 nitrogen and oxygen atoms in total. The number of nitrogens with one attached hydrogen (secondary N) is 1. The molecule has 7 heteroatoms. The highest BCUT2D eigenvalue weighted by Gasteiger charge is 2.50. The number of benzene rings is 2. The number of nitrogens with two attached hydrogens (primary N) is 1. The highest BCUT2D eigenvalue weighted by molar-refractivity contribution is 6.01. The van der Waals surface area contributed by atoms with E-state index < -0.39 is 30.1 Å². The van der Waals surface area contributed by atoms with Gasteiger partial charge in [0.1, 0.15) is 12.0 Å². The van der Waals surface area contributed by atoms with Crippen molar-refractivity contribution in [3.8, 4) is 0 Å². The van der Waals surface area contributed by atoms with Gasteiger partial charge in [-0.05, 0) is 35.2 Å². The van der Waals surface area contributed by atoms with Gasteiger partial charge in [0.05, 0.1) is 12.0 Å². The first-order valence-electron chi connectivity index (χ1n) is 9.66. The van der Waals surface area contributed by atoms with Crippen LogP contribution in [0.25, 0.3) is 0 Å². The third-order valence-corrected chi connectivity index (χ3v) is 5.23. The molecule has 0 bridgehead atoms. The van der Waals surface area contributed by atoms with Crippen LogP contribution in [0.4, 0.5) is 10.6 Å². The second kappa shape index (κ2) is 8.34. The van der Waals surface area contributed by atoms with Crippen LogP contribution in [0.3, 0.4) is 0 Å². The van der Waals surface area contributed by atoms with E-state index in [9.17, 15) is 14.7 Å². The van der Waals surface area contributed by atoms with Crippen LogP contribution in [0, 0.1) is 5.92 Å². The summed E-state index contributed by atoms with van der Waals surface area (Å²) in [4.78, 5) is 30.3. The minimum Gasteiger partial charge on any atom is -0.384 e. The van der Waals surface area contributed by atoms with Crippen LogP contribution < -0.4 is 11.1 Å². The van der Waals surface area contributed by atoms with Gasteiger partial charge >= 0.3 is 6.03 Å². The fraction of sp³-hybridized carbons (Fsp3) is 0.174. The van der Waals surface area contributed by atoms with E-state index in [2.05, 4.69) is 10.3 Å². The fourth-order valence-corrected chi connectivity index (χ4v) is 3.67. The average molecular weight is 402 g/mol. The predicted molar refractivity (Wildman–Crippen MR) is 112 cm³/mol. The van der Waals surface area contributed by atoms with Gasteiger partial charge < -0.3 is 16.2 Å². The summed E-state index contributed by atoms with van der Waals surface area (Å²) in [5, 5.41) is 13.4. The molecule has 2 heterocycles. The Kier molecular flexibility index (Phi) is 5.45. The number of nitrogen functional groups attached to an aromatic ring is 1. The Morgan fingerprint density at radius 3 is 2.20 bits per heavy atom. The van der Waals surface area contributed by atoms with Crippen molar-refractivity contribution in [3.63, 3.8) is 0 Å². The molecule has 2 atom stereocenters. The van der Waals surface area contributed by atoms with E-state index in [-0.39, 0.29) is 6.42 Å². The zero-order chi connectivity index (χ0) is 21.1. The van der Waals surface area contributed by atoms with Crippen LogP contribution in [0.2, 0.25) is 0 Å². The van der Waals surface area contributed by atoms with Crippen molar-refractivity contribution in [2.75, 3.05) is 5.73 Å². The van der Waals surface area contributed by atoms with Crippen LogP contribution in [-0.2, 0) is 11.2 Å². The molecular weight excluding hydrogens is 380 g/mol. The molecule has 1 saturated heterocycles. The Hall–Kier alpha value is -3.71. The maximum Gasteiger partial charge on any atom is 0.327 e. The van der Waals surface area contributed by atoms with Crippen LogP contribution in [0.5, 0.6) is 0 Å². The molecule has 3 amide bonds. The highest BCUT2D eigenvalue weighted by atomic mass is 16.3. The van der Waals surface area contributed by atoms with E-state index in [1.807, 2.05) is 60.7 Å². The number of hydrogen-bond donors (Lipinski definition) is 3. The van der Waals surface area contributed by atoms with E-state index in [0.717, 1.165) is 21.6 Å². The number of hydrogen-bond acceptors (Lipinski definition) is 5. The summed E-state index contributed by atoms with van der Waals surface area (Å²) in [6.07, 6.45) is 0.644. The number of rotatable bonds is 5. The Morgan fingerprint density at radius 1 is 1.07 bits per heavy atom. The van der Waals surface area contributed by atoms with Gasteiger partial charge in [0.25, 0.3) is 0 Å². The van der Waals surface area contributed by atoms with Gasteiger partial charge in [-0.3, -0.25) is 4.79 Å². The maximum absolute atomic E-state index is 12.9. The molecule has 1 fully saturated rings. The van der Waals surface area contributed by atoms with E-state index in [4.69, 9.17) is 5.73 Å². The molecule has 0 unspecified atom stereocenters. The predicted octanol–water partition coefficient (Wildman–Crippen LogP) is 2.48. The summed E-state index contributed by atoms with van der Waals surface area (Å²) < 4.78 is 0. The summed E-state index contributed by atoms with van der Waals surface area (Å²) in [6, 6.07) is 21.3. The molecule has 0 saturated carbocycles. The number of amides is 3. The molecule has 0 aliphatic carbocycles. The number of imide groups is 1. The van der Waals surface area contributed by atoms with Crippen molar-refractivity contribution in [2.24, 2.45) is 5.92 Å². The maximum atomic E-state index is 12.9. The molecule has 2 aromatic carbocycles. The molecule has 4 N–H and O–H groups in total. The Bertz CT molecular complexity index is 1000. The highest BCUT2D eigenvalue weighted by Crippen LogP contribution is 2.30. The molecule has 1 aromatic heterocycles. The zero-order valence-electron chi connectivity index (χ0n) is 16.2. The topological polar surface area (TPSA) is 109 Å². The van der Waals surface area contributed by atoms with E-state index in [1.165, 1.54) is 0 Å². The minimum absolute atomic E-state index is 0.289. The third-order valence-electron chi connectivity index (χ3n) is 5.23. The van der Waals surface area contributed by atoms with Crippen LogP contribution in [0.1, 0.15) is 22.7 Å². The van der Waals surface area contributed by atoms with E-state index in [0.29, 0.717) is 5.82 Å². The first-order valence-corrected chi connectivity index (χ1v) is 9.66. The smallest absolute Gasteiger partial charge is 0.327 e. The molecule has 1 aliphatic heterocycles. The number of urea groups is 1. The number of aliphatic hydroxyl groups excluding tert-OH is 1. The van der Waals surface area contributed by atoms with Gasteiger partial charge in [0.2, 0.25) is 5.91 Å². The van der Waals surface area contributed by atoms with Gasteiger partial charge in [-0.25, -0.2) is 14.7 Å². The Balaban J connectivity index is 1.49. The van der Waals surface area contributed by atoms with Crippen molar-refractivity contribution >= 4 is 17.8 Å². The molecule has 3 aromatic rings. The van der Waals surface area contributed by atoms with E-state index >= 15 is 0 Å². The number of aliphatic hydroxyl groups is 1. The lowest BCUT2D eigenvalue weighted by molar-refractivity contribution is -0.170. The number of aromatic nitrogens is 1. The first-order chi connectivity index (χ1) is 14.5. The monoisotopic (exact) mass is 402 g/mol. The van der Waals surface area contributed by atoms with Crippen molar-refractivity contribution in [2.45, 2.75) is 18.7 Å². The molecular formula is C23H22N4O3. The number of nitrogens with zero attached hydrogens (tertiary/aromatic N) is 2. The number of likely N-dealkylation sites (tertiary alicyclic amines) is 1. The van der Waals surface area contributed by atoms with E-state index in [1.54, 1.807) is 18.3 Å². The van der Waals surface area contributed by atoms with Gasteiger partial charge in [0, 0.05) is 6.20 Å². The molecule has 4 rings (SSSR count). The summed E-state index contributed by atoms with van der Waals surface area (Å²) in [5.74, 6) is -0.767. The second-order valence-corrected chi connectivity index (χ2v) is 7.23. The summed E-state index contributed by atoms with van der Waals surface area (Å²) in [7, 11) is 0. The molecule has 1 aliphatic rings. The number of carbonyl (C=O) groups is 2. The standard InChI is InChI=1S/C23H22N4O3/c24-19-14-15(11-12-25-19)13-18-21(28)27(22(18)29)23(30)26-20(16-7-3-1-4-8-16)17-9-5-2-6-10-17/h1-12,14,18,20-21,28H,13H2,(H2,24,25)(H,26,30)/t18-,21-/m1/s1. The minimum atomic E-state index is -1.20. The first kappa shape index (κ1) is 19.6.